The molecule has 0 bridgehead atoms. The van der Waals surface area contributed by atoms with Crippen LogP contribution in [-0.2, 0) is 0 Å². The Balaban J connectivity index is 1.72. The molecule has 5 heteroatoms. The molecule has 0 radical (unpaired) electrons. The number of hydrogen-bond acceptors (Lipinski definition) is 3. The predicted molar refractivity (Wildman–Crippen MR) is 88.3 cm³/mol. The van der Waals surface area contributed by atoms with Crippen molar-refractivity contribution in [3.8, 4) is 11.5 Å². The Morgan fingerprint density at radius 3 is 2.48 bits per heavy atom. The van der Waals surface area contributed by atoms with Gasteiger partial charge in [0.25, 0.3) is 0 Å². The van der Waals surface area contributed by atoms with Crippen LogP contribution < -0.4 is 20.1 Å². The number of benzene rings is 2. The number of para-hydroxylation sites is 1. The zero-order chi connectivity index (χ0) is 14.8. The molecule has 0 saturated carbocycles. The number of hydrogen-bond donors (Lipinski definition) is 2. The lowest BCUT2D eigenvalue weighted by Crippen LogP contribution is -2.20. The van der Waals surface area contributed by atoms with Gasteiger partial charge in [-0.3, -0.25) is 0 Å². The van der Waals surface area contributed by atoms with E-state index in [1.165, 1.54) is 0 Å². The number of ether oxygens (including phenoxy) is 2. The lowest BCUT2D eigenvalue weighted by molar-refractivity contribution is 0.174. The van der Waals surface area contributed by atoms with Crippen molar-refractivity contribution in [2.75, 3.05) is 17.4 Å². The van der Waals surface area contributed by atoms with Gasteiger partial charge in [0.2, 0.25) is 6.79 Å². The van der Waals surface area contributed by atoms with Crippen LogP contribution in [0.3, 0.4) is 0 Å². The van der Waals surface area contributed by atoms with Crippen molar-refractivity contribution in [1.82, 2.24) is 0 Å². The normalized spacial score (nSPS) is 12.1. The van der Waals surface area contributed by atoms with E-state index in [4.69, 9.17) is 21.7 Å². The molecule has 3 rings (SSSR count). The monoisotopic (exact) mass is 300 g/mol. The highest BCUT2D eigenvalue weighted by atomic mass is 32.1. The molecular formula is C16H16N2O2S. The van der Waals surface area contributed by atoms with Crippen LogP contribution in [0.5, 0.6) is 11.5 Å². The lowest BCUT2D eigenvalue weighted by atomic mass is 10.1. The summed E-state index contributed by atoms with van der Waals surface area (Å²) in [5, 5.41) is 6.95. The third-order valence-corrected chi connectivity index (χ3v) is 3.55. The Bertz CT molecular complexity index is 680. The van der Waals surface area contributed by atoms with Crippen LogP contribution in [0.1, 0.15) is 11.1 Å². The lowest BCUT2D eigenvalue weighted by Gasteiger charge is -2.15. The van der Waals surface area contributed by atoms with E-state index in [0.29, 0.717) is 5.11 Å². The highest BCUT2D eigenvalue weighted by Gasteiger charge is 2.13. The summed E-state index contributed by atoms with van der Waals surface area (Å²) in [6, 6.07) is 11.8. The van der Waals surface area contributed by atoms with Crippen LogP contribution in [0.4, 0.5) is 11.4 Å². The average Bonchev–Trinajstić information content (AvgIpc) is 2.90. The molecule has 1 aliphatic rings. The van der Waals surface area contributed by atoms with Crippen LogP contribution >= 0.6 is 12.2 Å². The van der Waals surface area contributed by atoms with Crippen LogP contribution in [0, 0.1) is 13.8 Å². The molecule has 0 fully saturated rings. The number of anilines is 2. The average molecular weight is 300 g/mol. The van der Waals surface area contributed by atoms with E-state index in [9.17, 15) is 0 Å². The fraction of sp³-hybridized carbons (Fsp3) is 0.188. The van der Waals surface area contributed by atoms with Gasteiger partial charge in [-0.05, 0) is 49.3 Å². The summed E-state index contributed by atoms with van der Waals surface area (Å²) in [6.07, 6.45) is 0. The Hall–Kier alpha value is -2.27. The van der Waals surface area contributed by atoms with Crippen molar-refractivity contribution in [2.45, 2.75) is 13.8 Å². The number of nitrogens with one attached hydrogen (secondary N) is 2. The van der Waals surface area contributed by atoms with Gasteiger partial charge in [-0.2, -0.15) is 0 Å². The van der Waals surface area contributed by atoms with Gasteiger partial charge in [-0.15, -0.1) is 0 Å². The number of fused-ring (bicyclic) bond motifs is 1. The number of thiocarbonyl (C=S) groups is 1. The first-order chi connectivity index (χ1) is 10.1. The summed E-state index contributed by atoms with van der Waals surface area (Å²) in [5.41, 5.74) is 4.22. The molecule has 0 aliphatic carbocycles. The predicted octanol–water partition coefficient (Wildman–Crippen LogP) is 3.84. The quantitative estimate of drug-likeness (QED) is 0.825. The van der Waals surface area contributed by atoms with Crippen LogP contribution in [0.2, 0.25) is 0 Å². The van der Waals surface area contributed by atoms with Crippen LogP contribution in [-0.4, -0.2) is 11.9 Å². The van der Waals surface area contributed by atoms with E-state index in [0.717, 1.165) is 34.0 Å². The molecule has 1 aliphatic heterocycles. The molecule has 0 amide bonds. The minimum absolute atomic E-state index is 0.268. The van der Waals surface area contributed by atoms with Crippen LogP contribution in [0.25, 0.3) is 0 Å². The largest absolute Gasteiger partial charge is 0.454 e. The maximum atomic E-state index is 5.37. The summed E-state index contributed by atoms with van der Waals surface area (Å²) < 4.78 is 10.6. The van der Waals surface area contributed by atoms with Crippen molar-refractivity contribution in [3.63, 3.8) is 0 Å². The topological polar surface area (TPSA) is 42.5 Å². The van der Waals surface area contributed by atoms with E-state index >= 15 is 0 Å². The third kappa shape index (κ3) is 2.92. The molecule has 0 spiro atoms. The zero-order valence-electron chi connectivity index (χ0n) is 11.9. The van der Waals surface area contributed by atoms with Crippen molar-refractivity contribution in [2.24, 2.45) is 0 Å². The first kappa shape index (κ1) is 13.7. The van der Waals surface area contributed by atoms with Gasteiger partial charge in [0.1, 0.15) is 0 Å². The standard InChI is InChI=1S/C16H16N2O2S/c1-10-4-3-5-11(2)15(10)18-16(21)17-12-6-7-13-14(8-12)20-9-19-13/h3-8H,9H2,1-2H3,(H2,17,18,21). The molecular weight excluding hydrogens is 284 g/mol. The summed E-state index contributed by atoms with van der Waals surface area (Å²) in [4.78, 5) is 0. The van der Waals surface area contributed by atoms with E-state index in [2.05, 4.69) is 36.6 Å². The Labute approximate surface area is 129 Å². The van der Waals surface area contributed by atoms with E-state index in [1.807, 2.05) is 24.3 Å². The number of aryl methyl sites for hydroxylation is 2. The summed E-state index contributed by atoms with van der Waals surface area (Å²) in [5.74, 6) is 1.49. The summed E-state index contributed by atoms with van der Waals surface area (Å²) >= 11 is 5.37. The minimum atomic E-state index is 0.268. The Morgan fingerprint density at radius 2 is 1.71 bits per heavy atom. The highest BCUT2D eigenvalue weighted by Crippen LogP contribution is 2.34. The smallest absolute Gasteiger partial charge is 0.231 e. The van der Waals surface area contributed by atoms with Gasteiger partial charge in [0, 0.05) is 17.4 Å². The van der Waals surface area contributed by atoms with Gasteiger partial charge in [0.05, 0.1) is 0 Å². The molecule has 2 aromatic carbocycles. The van der Waals surface area contributed by atoms with E-state index in [-0.39, 0.29) is 6.79 Å². The second kappa shape index (κ2) is 5.61. The maximum Gasteiger partial charge on any atom is 0.231 e. The molecule has 1 heterocycles. The molecule has 0 atom stereocenters. The maximum absolute atomic E-state index is 5.37. The fourth-order valence-corrected chi connectivity index (χ4v) is 2.48. The minimum Gasteiger partial charge on any atom is -0.454 e. The second-order valence-electron chi connectivity index (χ2n) is 4.91. The van der Waals surface area contributed by atoms with Gasteiger partial charge in [0.15, 0.2) is 16.6 Å². The van der Waals surface area contributed by atoms with Gasteiger partial charge in [-0.1, -0.05) is 18.2 Å². The van der Waals surface area contributed by atoms with Crippen molar-refractivity contribution in [1.29, 1.82) is 0 Å². The Kier molecular flexibility index (Phi) is 3.66. The third-order valence-electron chi connectivity index (χ3n) is 3.35. The fourth-order valence-electron chi connectivity index (χ4n) is 2.26. The highest BCUT2D eigenvalue weighted by molar-refractivity contribution is 7.80. The van der Waals surface area contributed by atoms with Crippen molar-refractivity contribution >= 4 is 28.7 Å². The molecule has 4 nitrogen and oxygen atoms in total. The van der Waals surface area contributed by atoms with Crippen LogP contribution in [0.15, 0.2) is 36.4 Å². The van der Waals surface area contributed by atoms with Gasteiger partial charge >= 0.3 is 0 Å². The van der Waals surface area contributed by atoms with Gasteiger partial charge < -0.3 is 20.1 Å². The molecule has 21 heavy (non-hydrogen) atoms. The Morgan fingerprint density at radius 1 is 1.00 bits per heavy atom. The van der Waals surface area contributed by atoms with E-state index in [1.54, 1.807) is 0 Å². The molecule has 2 N–H and O–H groups in total. The SMILES string of the molecule is Cc1cccc(C)c1NC(=S)Nc1ccc2c(c1)OCO2. The molecule has 0 saturated heterocycles. The van der Waals surface area contributed by atoms with Crippen molar-refractivity contribution < 1.29 is 9.47 Å². The first-order valence-corrected chi connectivity index (χ1v) is 7.08. The summed E-state index contributed by atoms with van der Waals surface area (Å²) in [7, 11) is 0. The number of rotatable bonds is 2. The molecule has 0 aromatic heterocycles. The molecule has 2 aromatic rings. The second-order valence-corrected chi connectivity index (χ2v) is 5.32. The molecule has 108 valence electrons. The van der Waals surface area contributed by atoms with Gasteiger partial charge in [-0.25, -0.2) is 0 Å². The van der Waals surface area contributed by atoms with Crippen molar-refractivity contribution in [3.05, 3.63) is 47.5 Å². The van der Waals surface area contributed by atoms with E-state index < -0.39 is 0 Å². The summed E-state index contributed by atoms with van der Waals surface area (Å²) in [6.45, 7) is 4.38. The zero-order valence-corrected chi connectivity index (χ0v) is 12.7. The first-order valence-electron chi connectivity index (χ1n) is 6.67. The molecule has 0 unspecified atom stereocenters.